The van der Waals surface area contributed by atoms with Gasteiger partial charge in [-0.3, -0.25) is 9.59 Å². The molecule has 3 aromatic carbocycles. The molecule has 0 aromatic heterocycles. The van der Waals surface area contributed by atoms with Gasteiger partial charge in [0.2, 0.25) is 0 Å². The molecule has 0 spiro atoms. The normalized spacial score (nSPS) is 14.6. The van der Waals surface area contributed by atoms with E-state index in [0.29, 0.717) is 31.6 Å². The van der Waals surface area contributed by atoms with Crippen LogP contribution in [0.1, 0.15) is 32.7 Å². The molecule has 4 rings (SSSR count). The molecule has 0 saturated heterocycles. The predicted molar refractivity (Wildman–Crippen MR) is 127 cm³/mol. The zero-order chi connectivity index (χ0) is 23.5. The zero-order valence-corrected chi connectivity index (χ0v) is 19.4. The summed E-state index contributed by atoms with van der Waals surface area (Å²) in [5.41, 5.74) is 1.97. The fourth-order valence-electron chi connectivity index (χ4n) is 3.67. The van der Waals surface area contributed by atoms with E-state index in [0.717, 1.165) is 5.56 Å². The van der Waals surface area contributed by atoms with Crippen LogP contribution < -0.4 is 4.90 Å². The first-order valence-electron chi connectivity index (χ1n) is 10.2. The summed E-state index contributed by atoms with van der Waals surface area (Å²) in [6.45, 7) is 0.508. The van der Waals surface area contributed by atoms with E-state index in [-0.39, 0.29) is 31.3 Å². The molecule has 3 aromatic rings. The van der Waals surface area contributed by atoms with Crippen molar-refractivity contribution < 1.29 is 13.8 Å². The van der Waals surface area contributed by atoms with Gasteiger partial charge in [0.25, 0.3) is 11.8 Å². The van der Waals surface area contributed by atoms with Gasteiger partial charge in [-0.15, -0.1) is 0 Å². The van der Waals surface area contributed by atoms with E-state index in [1.165, 1.54) is 4.90 Å². The minimum atomic E-state index is -1.60. The Morgan fingerprint density at radius 2 is 1.82 bits per heavy atom. The van der Waals surface area contributed by atoms with Crippen molar-refractivity contribution >= 4 is 39.9 Å². The number of hydrogen-bond acceptors (Lipinski definition) is 4. The van der Waals surface area contributed by atoms with Gasteiger partial charge in [-0.25, -0.2) is 4.21 Å². The molecule has 0 saturated carbocycles. The molecule has 0 radical (unpaired) electrons. The molecule has 166 valence electrons. The molecule has 0 aliphatic carbocycles. The highest BCUT2D eigenvalue weighted by molar-refractivity contribution is 7.85. The summed E-state index contributed by atoms with van der Waals surface area (Å²) in [4.78, 5) is 30.4. The number of hydrogen-bond donors (Lipinski definition) is 0. The Bertz CT molecular complexity index is 1300. The van der Waals surface area contributed by atoms with E-state index in [1.807, 2.05) is 18.2 Å². The van der Waals surface area contributed by atoms with Crippen molar-refractivity contribution in [2.45, 2.75) is 22.8 Å². The van der Waals surface area contributed by atoms with Crippen molar-refractivity contribution in [3.63, 3.8) is 0 Å². The molecule has 6 nitrogen and oxygen atoms in total. The lowest BCUT2D eigenvalue weighted by Gasteiger charge is -2.24. The lowest BCUT2D eigenvalue weighted by atomic mass is 10.1. The Hall–Kier alpha value is -3.47. The number of carbonyl (C=O) groups is 2. The second kappa shape index (κ2) is 9.57. The van der Waals surface area contributed by atoms with E-state index in [1.54, 1.807) is 66.5 Å². The molecule has 0 N–H and O–H groups in total. The fourth-order valence-corrected chi connectivity index (χ4v) is 5.14. The van der Waals surface area contributed by atoms with Crippen LogP contribution in [0, 0.1) is 11.3 Å². The molecule has 1 atom stereocenters. The van der Waals surface area contributed by atoms with Crippen LogP contribution in [-0.2, 0) is 17.3 Å². The first kappa shape index (κ1) is 22.7. The van der Waals surface area contributed by atoms with Crippen LogP contribution in [0.4, 0.5) is 5.69 Å². The maximum atomic E-state index is 13.6. The van der Waals surface area contributed by atoms with E-state index in [2.05, 4.69) is 0 Å². The first-order valence-corrected chi connectivity index (χ1v) is 11.8. The molecule has 33 heavy (non-hydrogen) atoms. The maximum absolute atomic E-state index is 13.6. The number of rotatable bonds is 5. The van der Waals surface area contributed by atoms with Gasteiger partial charge in [-0.2, -0.15) is 5.26 Å². The number of carbonyl (C=O) groups excluding carboxylic acids is 2. The lowest BCUT2D eigenvalue weighted by Crippen LogP contribution is -2.31. The third-order valence-electron chi connectivity index (χ3n) is 5.42. The van der Waals surface area contributed by atoms with Crippen molar-refractivity contribution in [2.75, 3.05) is 18.5 Å². The van der Waals surface area contributed by atoms with E-state index in [4.69, 9.17) is 16.9 Å². The minimum absolute atomic E-state index is 0.216. The van der Waals surface area contributed by atoms with Crippen molar-refractivity contribution in [3.8, 4) is 6.07 Å². The summed E-state index contributed by atoms with van der Waals surface area (Å²) in [6.07, 6.45) is 0.216. The maximum Gasteiger partial charge on any atom is 0.259 e. The van der Waals surface area contributed by atoms with Gasteiger partial charge >= 0.3 is 0 Å². The number of benzene rings is 3. The highest BCUT2D eigenvalue weighted by Gasteiger charge is 2.31. The van der Waals surface area contributed by atoms with Gasteiger partial charge in [-0.1, -0.05) is 35.9 Å². The average molecular weight is 478 g/mol. The van der Waals surface area contributed by atoms with Gasteiger partial charge in [-0.05, 0) is 48.0 Å². The Labute approximate surface area is 199 Å². The SMILES string of the molecule is CN(CCC#N)C(=O)c1ccc2c(c1)N(Cc1ccc(Cl)cc1)C(=O)c1ccccc1[S@@]2=O. The monoisotopic (exact) mass is 477 g/mol. The Morgan fingerprint density at radius 1 is 1.09 bits per heavy atom. The summed E-state index contributed by atoms with van der Waals surface area (Å²) < 4.78 is 13.5. The quantitative estimate of drug-likeness (QED) is 0.535. The standard InChI is InChI=1S/C25H20ClN3O3S/c1-28(14-4-13-27)24(30)18-9-12-23-21(15-18)29(16-17-7-10-19(26)11-8-17)25(31)20-5-2-3-6-22(20)33(23)32/h2-3,5-12,15H,4,14,16H2,1H3/t33-/m0/s1. The Balaban J connectivity index is 1.83. The molecule has 1 heterocycles. The number of anilines is 1. The van der Waals surface area contributed by atoms with Crippen LogP contribution in [0.5, 0.6) is 0 Å². The molecule has 8 heteroatoms. The first-order chi connectivity index (χ1) is 15.9. The molecule has 2 amide bonds. The van der Waals surface area contributed by atoms with Crippen LogP contribution in [0.3, 0.4) is 0 Å². The molecular weight excluding hydrogens is 458 g/mol. The van der Waals surface area contributed by atoms with Crippen LogP contribution in [0.25, 0.3) is 0 Å². The Morgan fingerprint density at radius 3 is 2.55 bits per heavy atom. The van der Waals surface area contributed by atoms with E-state index < -0.39 is 10.8 Å². The molecule has 0 unspecified atom stereocenters. The van der Waals surface area contributed by atoms with E-state index in [9.17, 15) is 13.8 Å². The molecule has 0 bridgehead atoms. The zero-order valence-electron chi connectivity index (χ0n) is 17.8. The number of nitrogens with zero attached hydrogens (tertiary/aromatic N) is 3. The highest BCUT2D eigenvalue weighted by Crippen LogP contribution is 2.36. The highest BCUT2D eigenvalue weighted by atomic mass is 35.5. The fraction of sp³-hybridized carbons (Fsp3) is 0.160. The van der Waals surface area contributed by atoms with Gasteiger partial charge in [0, 0.05) is 24.2 Å². The number of halogens is 1. The molecule has 0 fully saturated rings. The van der Waals surface area contributed by atoms with Crippen molar-refractivity contribution in [1.82, 2.24) is 4.90 Å². The smallest absolute Gasteiger partial charge is 0.259 e. The third kappa shape index (κ3) is 4.54. The van der Waals surface area contributed by atoms with Crippen LogP contribution >= 0.6 is 11.6 Å². The summed E-state index contributed by atoms with van der Waals surface area (Å²) in [5, 5.41) is 9.40. The van der Waals surface area contributed by atoms with Crippen LogP contribution in [-0.4, -0.2) is 34.5 Å². The molecule has 1 aliphatic heterocycles. The summed E-state index contributed by atoms with van der Waals surface area (Å²) in [5.74, 6) is -0.574. The number of amides is 2. The second-order valence-electron chi connectivity index (χ2n) is 7.60. The lowest BCUT2D eigenvalue weighted by molar-refractivity contribution is 0.0797. The Kier molecular flexibility index (Phi) is 6.59. The third-order valence-corrected chi connectivity index (χ3v) is 7.17. The van der Waals surface area contributed by atoms with Crippen molar-refractivity contribution in [2.24, 2.45) is 0 Å². The molecule has 1 aliphatic rings. The predicted octanol–water partition coefficient (Wildman–Crippen LogP) is 4.65. The minimum Gasteiger partial charge on any atom is -0.341 e. The topological polar surface area (TPSA) is 81.5 Å². The van der Waals surface area contributed by atoms with Gasteiger partial charge in [0.1, 0.15) is 0 Å². The van der Waals surface area contributed by atoms with E-state index >= 15 is 0 Å². The van der Waals surface area contributed by atoms with Crippen molar-refractivity contribution in [3.05, 3.63) is 88.4 Å². The number of fused-ring (bicyclic) bond motifs is 2. The average Bonchev–Trinajstić information content (AvgIpc) is 2.92. The molecular formula is C25H20ClN3O3S. The van der Waals surface area contributed by atoms with Crippen LogP contribution in [0.2, 0.25) is 5.02 Å². The van der Waals surface area contributed by atoms with Gasteiger partial charge < -0.3 is 9.80 Å². The summed E-state index contributed by atoms with van der Waals surface area (Å²) >= 11 is 6.01. The largest absolute Gasteiger partial charge is 0.341 e. The van der Waals surface area contributed by atoms with Gasteiger partial charge in [0.05, 0.1) is 50.9 Å². The van der Waals surface area contributed by atoms with Crippen molar-refractivity contribution in [1.29, 1.82) is 5.26 Å². The van der Waals surface area contributed by atoms with Gasteiger partial charge in [0.15, 0.2) is 0 Å². The summed E-state index contributed by atoms with van der Waals surface area (Å²) in [6, 6.07) is 20.9. The second-order valence-corrected chi connectivity index (χ2v) is 9.45. The van der Waals surface area contributed by atoms with Crippen LogP contribution in [0.15, 0.2) is 76.5 Å². The number of nitriles is 1. The summed E-state index contributed by atoms with van der Waals surface area (Å²) in [7, 11) is 0.0219.